The van der Waals surface area contributed by atoms with Crippen molar-refractivity contribution >= 4 is 0 Å². The summed E-state index contributed by atoms with van der Waals surface area (Å²) in [4.78, 5) is 4.77. The normalized spacial score (nSPS) is 12.3. The molecule has 0 aromatic heterocycles. The van der Waals surface area contributed by atoms with Crippen molar-refractivity contribution in [2.24, 2.45) is 0 Å². The van der Waals surface area contributed by atoms with Crippen LogP contribution in [0.2, 0.25) is 0 Å². The Morgan fingerprint density at radius 2 is 1.74 bits per heavy atom. The third-order valence-corrected chi connectivity index (χ3v) is 5.20. The first-order chi connectivity index (χ1) is 16.4. The molecule has 0 heterocycles. The van der Waals surface area contributed by atoms with Gasteiger partial charge in [0.2, 0.25) is 0 Å². The number of nitrogens with zero attached hydrogens (tertiary/aromatic N) is 2. The maximum atomic E-state index is 8.76. The van der Waals surface area contributed by atoms with E-state index in [1.54, 1.807) is 6.08 Å². The van der Waals surface area contributed by atoms with E-state index in [0.717, 1.165) is 38.2 Å². The van der Waals surface area contributed by atoms with Crippen LogP contribution >= 0.6 is 0 Å². The second-order valence-corrected chi connectivity index (χ2v) is 7.61. The number of allylic oxidation sites excluding steroid dienone is 8. The van der Waals surface area contributed by atoms with Crippen LogP contribution in [0.3, 0.4) is 0 Å². The van der Waals surface area contributed by atoms with E-state index in [2.05, 4.69) is 88.8 Å². The van der Waals surface area contributed by atoms with Crippen LogP contribution in [0.1, 0.15) is 73.6 Å². The first kappa shape index (κ1) is 36.1. The highest BCUT2D eigenvalue weighted by atomic mass is 16.5. The number of terminal acetylenes is 1. The number of unbranched alkanes of at least 4 members (excludes halogenated alkanes) is 3. The van der Waals surface area contributed by atoms with Gasteiger partial charge in [0.15, 0.2) is 0 Å². The van der Waals surface area contributed by atoms with Crippen molar-refractivity contribution in [1.82, 2.24) is 15.3 Å². The highest BCUT2D eigenvalue weighted by molar-refractivity contribution is 5.41. The quantitative estimate of drug-likeness (QED) is 0.0959. The van der Waals surface area contributed by atoms with E-state index in [1.165, 1.54) is 37.0 Å². The van der Waals surface area contributed by atoms with Gasteiger partial charge in [-0.15, -0.1) is 19.4 Å². The minimum atomic E-state index is 0.477. The molecule has 1 aliphatic rings. The molecule has 4 nitrogen and oxygen atoms in total. The summed E-state index contributed by atoms with van der Waals surface area (Å²) in [5.41, 5.74) is 6.29. The van der Waals surface area contributed by atoms with Gasteiger partial charge in [-0.3, -0.25) is 10.7 Å². The molecule has 1 rings (SSSR count). The third kappa shape index (κ3) is 19.0. The van der Waals surface area contributed by atoms with Crippen LogP contribution < -0.4 is 5.48 Å². The monoisotopic (exact) mass is 471 g/mol. The summed E-state index contributed by atoms with van der Waals surface area (Å²) in [5, 5.41) is 8.76. The molecule has 0 radical (unpaired) electrons. The van der Waals surface area contributed by atoms with Crippen molar-refractivity contribution < 1.29 is 5.21 Å². The van der Waals surface area contributed by atoms with Gasteiger partial charge in [-0.2, -0.15) is 0 Å². The van der Waals surface area contributed by atoms with Gasteiger partial charge < -0.3 is 9.80 Å². The van der Waals surface area contributed by atoms with Crippen LogP contribution in [0.5, 0.6) is 0 Å². The Balaban J connectivity index is -0.000000736. The van der Waals surface area contributed by atoms with E-state index in [0.29, 0.717) is 5.70 Å². The number of hydrogen-bond donors (Lipinski definition) is 2. The fourth-order valence-electron chi connectivity index (χ4n) is 3.06. The van der Waals surface area contributed by atoms with Gasteiger partial charge in [0.1, 0.15) is 0 Å². The van der Waals surface area contributed by atoms with Gasteiger partial charge >= 0.3 is 0 Å². The molecule has 0 saturated carbocycles. The van der Waals surface area contributed by atoms with E-state index in [9.17, 15) is 0 Å². The molecule has 0 aliphatic heterocycles. The Hall–Kier alpha value is -2.48. The Bertz CT molecular complexity index is 649. The van der Waals surface area contributed by atoms with E-state index < -0.39 is 0 Å². The van der Waals surface area contributed by atoms with E-state index >= 15 is 0 Å². The second kappa shape index (κ2) is 26.8. The molecule has 0 unspecified atom stereocenters. The van der Waals surface area contributed by atoms with Crippen LogP contribution in [0.25, 0.3) is 0 Å². The summed E-state index contributed by atoms with van der Waals surface area (Å²) in [7, 11) is 2.16. The van der Waals surface area contributed by atoms with E-state index in [-0.39, 0.29) is 0 Å². The Morgan fingerprint density at radius 1 is 1.12 bits per heavy atom. The Morgan fingerprint density at radius 3 is 2.24 bits per heavy atom. The highest BCUT2D eigenvalue weighted by Gasteiger charge is 2.09. The molecule has 0 aromatic carbocycles. The first-order valence-corrected chi connectivity index (χ1v) is 12.7. The maximum absolute atomic E-state index is 8.76. The van der Waals surface area contributed by atoms with Crippen molar-refractivity contribution in [1.29, 1.82) is 0 Å². The minimum Gasteiger partial charge on any atom is -0.373 e. The predicted octanol–water partition coefficient (Wildman–Crippen LogP) is 7.50. The molecule has 0 fully saturated rings. The lowest BCUT2D eigenvalue weighted by Crippen LogP contribution is -2.32. The molecule has 1 aliphatic carbocycles. The van der Waals surface area contributed by atoms with Crippen molar-refractivity contribution in [3.63, 3.8) is 0 Å². The Labute approximate surface area is 212 Å². The zero-order valence-corrected chi connectivity index (χ0v) is 23.2. The lowest BCUT2D eigenvalue weighted by Gasteiger charge is -2.26. The van der Waals surface area contributed by atoms with Crippen LogP contribution in [-0.2, 0) is 0 Å². The maximum Gasteiger partial charge on any atom is 0.0530 e. The molecule has 2 N–H and O–H groups in total. The number of nitrogens with one attached hydrogen (secondary N) is 1. The fourth-order valence-corrected chi connectivity index (χ4v) is 3.06. The smallest absolute Gasteiger partial charge is 0.0530 e. The number of hydroxylamine groups is 1. The number of rotatable bonds is 13. The molecule has 194 valence electrons. The van der Waals surface area contributed by atoms with Crippen LogP contribution in [0.15, 0.2) is 72.2 Å². The molecule has 0 spiro atoms. The van der Waals surface area contributed by atoms with Crippen molar-refractivity contribution in [3.05, 3.63) is 72.2 Å². The summed E-state index contributed by atoms with van der Waals surface area (Å²) < 4.78 is 0. The lowest BCUT2D eigenvalue weighted by molar-refractivity contribution is 0.205. The summed E-state index contributed by atoms with van der Waals surface area (Å²) >= 11 is 0. The molecular formula is C30H53N3O. The summed E-state index contributed by atoms with van der Waals surface area (Å²) in [6, 6.07) is 0. The first-order valence-electron chi connectivity index (χ1n) is 12.7. The topological polar surface area (TPSA) is 38.7 Å². The largest absolute Gasteiger partial charge is 0.373 e. The van der Waals surface area contributed by atoms with E-state index in [4.69, 9.17) is 5.21 Å². The summed E-state index contributed by atoms with van der Waals surface area (Å²) in [5.74, 6) is 0. The molecule has 4 heteroatoms. The minimum absolute atomic E-state index is 0.477. The molecule has 0 saturated heterocycles. The second-order valence-electron chi connectivity index (χ2n) is 7.61. The van der Waals surface area contributed by atoms with Gasteiger partial charge in [-0.25, -0.2) is 0 Å². The van der Waals surface area contributed by atoms with Crippen LogP contribution in [-0.4, -0.2) is 48.2 Å². The predicted molar refractivity (Wildman–Crippen MR) is 154 cm³/mol. The average Bonchev–Trinajstić information content (AvgIpc) is 3.07. The fraction of sp³-hybridized carbons (Fsp3) is 0.533. The van der Waals surface area contributed by atoms with Gasteiger partial charge in [0.25, 0.3) is 0 Å². The van der Waals surface area contributed by atoms with Gasteiger partial charge in [0.05, 0.1) is 5.70 Å². The molecule has 0 atom stereocenters. The van der Waals surface area contributed by atoms with Gasteiger partial charge in [-0.1, -0.05) is 78.3 Å². The average molecular weight is 472 g/mol. The van der Waals surface area contributed by atoms with Crippen LogP contribution in [0.4, 0.5) is 0 Å². The van der Waals surface area contributed by atoms with Crippen LogP contribution in [0, 0.1) is 12.8 Å². The van der Waals surface area contributed by atoms with Gasteiger partial charge in [0, 0.05) is 25.8 Å². The lowest BCUT2D eigenvalue weighted by atomic mass is 10.1. The highest BCUT2D eigenvalue weighted by Crippen LogP contribution is 2.20. The van der Waals surface area contributed by atoms with Crippen molar-refractivity contribution in [2.75, 3.05) is 33.2 Å². The Kier molecular flexibility index (Phi) is 28.4. The van der Waals surface area contributed by atoms with Crippen molar-refractivity contribution in [3.8, 4) is 12.8 Å². The van der Waals surface area contributed by atoms with Gasteiger partial charge in [-0.05, 0) is 62.6 Å². The molecule has 0 aromatic rings. The third-order valence-electron chi connectivity index (χ3n) is 5.20. The number of hydrogen-bond acceptors (Lipinski definition) is 4. The zero-order valence-electron chi connectivity index (χ0n) is 23.2. The molecule has 0 bridgehead atoms. The van der Waals surface area contributed by atoms with E-state index in [1.807, 2.05) is 31.5 Å². The van der Waals surface area contributed by atoms with Crippen molar-refractivity contribution in [2.45, 2.75) is 73.6 Å². The molecular weight excluding hydrogens is 418 g/mol. The zero-order chi connectivity index (χ0) is 26.8. The molecule has 34 heavy (non-hydrogen) atoms. The standard InChI is InChI=1S/C19H31N3O.C7H14.C2H6.C2H2/c1-6-22(7-2)15-14-21(5)19-13-12-18(10-8-16(19)3)11-9-17(4)20-23;1-3-5-7-6-4-2;2*1-2/h9-13,20,23H,4,6-8,14-15H2,1-3,5H3;3H,1,4-7H2,2H3;1-2H3;1-2H/b11-9+;;;. The summed E-state index contributed by atoms with van der Waals surface area (Å²) in [6.45, 7) is 24.4. The number of likely N-dealkylation sites (N-methyl/N-ethyl adjacent to an activating group) is 2. The summed E-state index contributed by atoms with van der Waals surface area (Å²) in [6.07, 6.45) is 26.3. The molecule has 0 amide bonds. The SMILES string of the molecule is C#C.C=C(/C=C/C1=CCC(C)=C(N(C)CCN(CC)CC)C=C1)NO.C=CCCCCC.CC.